The van der Waals surface area contributed by atoms with Gasteiger partial charge in [0.1, 0.15) is 0 Å². The van der Waals surface area contributed by atoms with Crippen molar-refractivity contribution < 1.29 is 13.2 Å². The molecule has 0 unspecified atom stereocenters. The molecule has 78 valence electrons. The molecule has 2 rings (SSSR count). The van der Waals surface area contributed by atoms with E-state index in [1.807, 2.05) is 0 Å². The van der Waals surface area contributed by atoms with Gasteiger partial charge in [0.25, 0.3) is 0 Å². The van der Waals surface area contributed by atoms with Gasteiger partial charge in [0.05, 0.1) is 0 Å². The van der Waals surface area contributed by atoms with Gasteiger partial charge >= 0.3 is 11.8 Å². The Bertz CT molecular complexity index is 398. The van der Waals surface area contributed by atoms with Gasteiger partial charge in [-0.15, -0.1) is 10.2 Å². The molecule has 1 aliphatic rings. The maximum Gasteiger partial charge on any atom is 0.442 e. The number of halogens is 3. The molecule has 0 atom stereocenters. The average Bonchev–Trinajstić information content (AvgIpc) is 2.68. The second kappa shape index (κ2) is 3.11. The van der Waals surface area contributed by atoms with Crippen LogP contribution in [-0.2, 0) is 5.66 Å². The molecular formula is C8H5F3N4. The Kier molecular flexibility index (Phi) is 2.02. The maximum absolute atomic E-state index is 12.8. The van der Waals surface area contributed by atoms with Crippen LogP contribution in [0.25, 0.3) is 0 Å². The largest absolute Gasteiger partial charge is 0.442 e. The van der Waals surface area contributed by atoms with Gasteiger partial charge in [-0.2, -0.15) is 13.2 Å². The second-order valence-electron chi connectivity index (χ2n) is 2.91. The Morgan fingerprint density at radius 3 is 1.93 bits per heavy atom. The van der Waals surface area contributed by atoms with Gasteiger partial charge < -0.3 is 0 Å². The first-order chi connectivity index (χ1) is 7.06. The number of benzene rings is 1. The molecule has 15 heavy (non-hydrogen) atoms. The lowest BCUT2D eigenvalue weighted by molar-refractivity contribution is -0.187. The van der Waals surface area contributed by atoms with Crippen LogP contribution in [0, 0.1) is 0 Å². The van der Waals surface area contributed by atoms with Crippen LogP contribution in [0.1, 0.15) is 5.56 Å². The zero-order valence-electron chi connectivity index (χ0n) is 7.31. The minimum Gasteiger partial charge on any atom is -0.166 e. The first kappa shape index (κ1) is 9.75. The molecule has 0 amide bonds. The summed E-state index contributed by atoms with van der Waals surface area (Å²) in [5.74, 6) is 0. The molecule has 7 heteroatoms. The zero-order chi connectivity index (χ0) is 10.9. The van der Waals surface area contributed by atoms with Gasteiger partial charge in [-0.25, -0.2) is 0 Å². The fraction of sp³-hybridized carbons (Fsp3) is 0.250. The Morgan fingerprint density at radius 1 is 0.933 bits per heavy atom. The zero-order valence-corrected chi connectivity index (χ0v) is 7.31. The lowest BCUT2D eigenvalue weighted by Gasteiger charge is -2.22. The smallest absolute Gasteiger partial charge is 0.166 e. The van der Waals surface area contributed by atoms with Crippen molar-refractivity contribution in [3.63, 3.8) is 0 Å². The molecule has 0 aliphatic carbocycles. The summed E-state index contributed by atoms with van der Waals surface area (Å²) in [6, 6.07) is 7.14. The maximum atomic E-state index is 12.8. The van der Waals surface area contributed by atoms with E-state index in [-0.39, 0.29) is 5.56 Å². The minimum atomic E-state index is -4.64. The normalized spacial score (nSPS) is 18.3. The SMILES string of the molecule is FC(F)(F)C1(c2ccccc2)N=NN=N1. The van der Waals surface area contributed by atoms with Gasteiger partial charge in [-0.3, -0.25) is 0 Å². The van der Waals surface area contributed by atoms with Crippen molar-refractivity contribution in [1.29, 1.82) is 0 Å². The topological polar surface area (TPSA) is 49.4 Å². The van der Waals surface area contributed by atoms with Crippen LogP contribution < -0.4 is 0 Å². The van der Waals surface area contributed by atoms with Gasteiger partial charge in [0.2, 0.25) is 0 Å². The minimum absolute atomic E-state index is 0.0949. The van der Waals surface area contributed by atoms with E-state index in [9.17, 15) is 13.2 Å². The van der Waals surface area contributed by atoms with Gasteiger partial charge in [-0.1, -0.05) is 30.3 Å². The van der Waals surface area contributed by atoms with Crippen LogP contribution in [0.3, 0.4) is 0 Å². The fourth-order valence-electron chi connectivity index (χ4n) is 1.25. The van der Waals surface area contributed by atoms with Crippen LogP contribution in [0.4, 0.5) is 13.2 Å². The highest BCUT2D eigenvalue weighted by Crippen LogP contribution is 2.46. The van der Waals surface area contributed by atoms with E-state index < -0.39 is 11.8 Å². The molecule has 1 aliphatic heterocycles. The molecule has 0 aromatic heterocycles. The number of alkyl halides is 3. The lowest BCUT2D eigenvalue weighted by Crippen LogP contribution is -2.37. The lowest BCUT2D eigenvalue weighted by atomic mass is 10.0. The Balaban J connectivity index is 2.55. The van der Waals surface area contributed by atoms with Gasteiger partial charge in [0, 0.05) is 5.56 Å². The molecule has 0 fully saturated rings. The van der Waals surface area contributed by atoms with E-state index in [2.05, 4.69) is 20.7 Å². The third kappa shape index (κ3) is 1.39. The second-order valence-corrected chi connectivity index (χ2v) is 2.91. The van der Waals surface area contributed by atoms with Crippen LogP contribution in [0.15, 0.2) is 51.0 Å². The molecule has 0 spiro atoms. The predicted octanol–water partition coefficient (Wildman–Crippen LogP) is 3.23. The van der Waals surface area contributed by atoms with Crippen molar-refractivity contribution in [3.8, 4) is 0 Å². The van der Waals surface area contributed by atoms with Crippen molar-refractivity contribution in [2.45, 2.75) is 11.8 Å². The molecule has 4 nitrogen and oxygen atoms in total. The van der Waals surface area contributed by atoms with Crippen molar-refractivity contribution >= 4 is 0 Å². The van der Waals surface area contributed by atoms with Crippen molar-refractivity contribution in [1.82, 2.24) is 0 Å². The summed E-state index contributed by atoms with van der Waals surface area (Å²) < 4.78 is 38.4. The number of hydrogen-bond acceptors (Lipinski definition) is 4. The summed E-state index contributed by atoms with van der Waals surface area (Å²) in [5.41, 5.74) is -2.75. The highest BCUT2D eigenvalue weighted by atomic mass is 19.4. The van der Waals surface area contributed by atoms with E-state index >= 15 is 0 Å². The first-order valence-electron chi connectivity index (χ1n) is 4.02. The van der Waals surface area contributed by atoms with E-state index in [1.54, 1.807) is 6.07 Å². The van der Waals surface area contributed by atoms with Crippen molar-refractivity contribution in [2.24, 2.45) is 20.7 Å². The number of hydrogen-bond donors (Lipinski definition) is 0. The standard InChI is InChI=1S/C8H5F3N4/c9-8(10,11)7(12-14-15-13-7)6-4-2-1-3-5-6/h1-5H. The average molecular weight is 214 g/mol. The third-order valence-corrected chi connectivity index (χ3v) is 1.99. The van der Waals surface area contributed by atoms with Gasteiger partial charge in [-0.05, 0) is 10.4 Å². The van der Waals surface area contributed by atoms with Crippen LogP contribution in [0.2, 0.25) is 0 Å². The summed E-state index contributed by atoms with van der Waals surface area (Å²) in [6.45, 7) is 0. The van der Waals surface area contributed by atoms with Crippen molar-refractivity contribution in [2.75, 3.05) is 0 Å². The molecule has 0 saturated heterocycles. The highest BCUT2D eigenvalue weighted by molar-refractivity contribution is 5.26. The van der Waals surface area contributed by atoms with Gasteiger partial charge in [0.15, 0.2) is 0 Å². The molecule has 1 aromatic rings. The molecular weight excluding hydrogens is 209 g/mol. The molecule has 0 bridgehead atoms. The van der Waals surface area contributed by atoms with E-state index in [0.717, 1.165) is 0 Å². The highest BCUT2D eigenvalue weighted by Gasteiger charge is 2.60. The van der Waals surface area contributed by atoms with E-state index in [1.165, 1.54) is 24.3 Å². The first-order valence-corrected chi connectivity index (χ1v) is 4.02. The molecule has 0 N–H and O–H groups in total. The molecule has 1 heterocycles. The molecule has 1 aromatic carbocycles. The fourth-order valence-corrected chi connectivity index (χ4v) is 1.25. The Labute approximate surface area is 82.5 Å². The number of nitrogens with zero attached hydrogens (tertiary/aromatic N) is 4. The van der Waals surface area contributed by atoms with Crippen LogP contribution in [0.5, 0.6) is 0 Å². The molecule has 0 saturated carbocycles. The predicted molar refractivity (Wildman–Crippen MR) is 43.9 cm³/mol. The summed E-state index contributed by atoms with van der Waals surface area (Å²) in [4.78, 5) is 0. The van der Waals surface area contributed by atoms with Crippen LogP contribution in [-0.4, -0.2) is 6.18 Å². The Hall–Kier alpha value is -1.79. The van der Waals surface area contributed by atoms with Crippen molar-refractivity contribution in [3.05, 3.63) is 35.9 Å². The summed E-state index contributed by atoms with van der Waals surface area (Å²) >= 11 is 0. The third-order valence-electron chi connectivity index (χ3n) is 1.99. The van der Waals surface area contributed by atoms with E-state index in [0.29, 0.717) is 0 Å². The van der Waals surface area contributed by atoms with E-state index in [4.69, 9.17) is 0 Å². The van der Waals surface area contributed by atoms with Crippen LogP contribution >= 0.6 is 0 Å². The summed E-state index contributed by atoms with van der Waals surface area (Å²) in [6.07, 6.45) is -4.64. The quantitative estimate of drug-likeness (QED) is 0.689. The Morgan fingerprint density at radius 2 is 1.47 bits per heavy atom. The summed E-state index contributed by atoms with van der Waals surface area (Å²) in [5, 5.41) is 12.0. The number of rotatable bonds is 1. The monoisotopic (exact) mass is 214 g/mol. The summed E-state index contributed by atoms with van der Waals surface area (Å²) in [7, 11) is 0. The molecule has 0 radical (unpaired) electrons.